The lowest BCUT2D eigenvalue weighted by atomic mass is 9.95. The maximum absolute atomic E-state index is 15.2. The lowest BCUT2D eigenvalue weighted by Crippen LogP contribution is -2.29. The fraction of sp³-hybridized carbons (Fsp3) is 0.143. The molecule has 0 radical (unpaired) electrons. The summed E-state index contributed by atoms with van der Waals surface area (Å²) in [7, 11) is 0. The number of benzene rings is 3. The first-order chi connectivity index (χ1) is 19.4. The van der Waals surface area contributed by atoms with Crippen molar-refractivity contribution in [2.24, 2.45) is 0 Å². The summed E-state index contributed by atoms with van der Waals surface area (Å²) in [6, 6.07) is 16.6. The maximum Gasteiger partial charge on any atom is 0.301 e. The van der Waals surface area contributed by atoms with Crippen molar-refractivity contribution in [1.29, 1.82) is 0 Å². The quantitative estimate of drug-likeness (QED) is 0.0949. The Labute approximate surface area is 241 Å². The van der Waals surface area contributed by atoms with Crippen LogP contribution in [0.5, 0.6) is 11.5 Å². The summed E-state index contributed by atoms with van der Waals surface area (Å²) in [5, 5.41) is 20.4. The van der Waals surface area contributed by atoms with Gasteiger partial charge in [-0.1, -0.05) is 65.0 Å². The number of aliphatic hydroxyl groups excluding tert-OH is 1. The van der Waals surface area contributed by atoms with Gasteiger partial charge in [0.1, 0.15) is 30.8 Å². The largest absolute Gasteiger partial charge is 0.507 e. The average molecular weight is 596 g/mol. The molecule has 0 aliphatic carbocycles. The second-order valence-corrected chi connectivity index (χ2v) is 11.4. The van der Waals surface area contributed by atoms with Crippen molar-refractivity contribution in [3.05, 3.63) is 99.8 Å². The standard InChI is InChI=1S/C28H19ClFN3O5S2/c29-17-8-5-15(6-9-17)14-39-28-32-31-27(40-28)33-23(18-3-1-2-4-19(18)30)22(25(35)26(33)36)24(34)16-7-10-20-21(13-16)38-12-11-37-20/h1-10,13,23,34H,11-12,14H2/b24-22+. The van der Waals surface area contributed by atoms with Gasteiger partial charge < -0.3 is 14.6 Å². The second kappa shape index (κ2) is 10.9. The molecular weight excluding hydrogens is 577 g/mol. The van der Waals surface area contributed by atoms with E-state index >= 15 is 4.39 Å². The predicted octanol–water partition coefficient (Wildman–Crippen LogP) is 6.02. The lowest BCUT2D eigenvalue weighted by molar-refractivity contribution is -0.132. The van der Waals surface area contributed by atoms with Gasteiger partial charge in [0.05, 0.1) is 5.57 Å². The minimum absolute atomic E-state index is 0.0337. The van der Waals surface area contributed by atoms with Crippen LogP contribution < -0.4 is 14.4 Å². The van der Waals surface area contributed by atoms with Gasteiger partial charge in [0.15, 0.2) is 15.8 Å². The summed E-state index contributed by atoms with van der Waals surface area (Å²) >= 11 is 8.45. The Morgan fingerprint density at radius 1 is 1.05 bits per heavy atom. The Kier molecular flexibility index (Phi) is 7.18. The molecule has 3 aromatic carbocycles. The summed E-state index contributed by atoms with van der Waals surface area (Å²) < 4.78 is 26.8. The van der Waals surface area contributed by atoms with Gasteiger partial charge in [0, 0.05) is 21.9 Å². The molecule has 8 nitrogen and oxygen atoms in total. The van der Waals surface area contributed by atoms with E-state index in [1.54, 1.807) is 30.3 Å². The molecule has 12 heteroatoms. The molecule has 2 aliphatic rings. The molecule has 2 aliphatic heterocycles. The van der Waals surface area contributed by atoms with E-state index in [1.807, 2.05) is 12.1 Å². The van der Waals surface area contributed by atoms with Crippen molar-refractivity contribution < 1.29 is 28.6 Å². The number of amides is 1. The summed E-state index contributed by atoms with van der Waals surface area (Å²) in [6.07, 6.45) is 0. The highest BCUT2D eigenvalue weighted by Gasteiger charge is 2.49. The van der Waals surface area contributed by atoms with E-state index in [4.69, 9.17) is 21.1 Å². The smallest absolute Gasteiger partial charge is 0.301 e. The van der Waals surface area contributed by atoms with Crippen LogP contribution in [0.15, 0.2) is 76.6 Å². The first kappa shape index (κ1) is 26.3. The minimum Gasteiger partial charge on any atom is -0.507 e. The van der Waals surface area contributed by atoms with Crippen LogP contribution in [0.25, 0.3) is 5.76 Å². The number of rotatable bonds is 6. The zero-order valence-electron chi connectivity index (χ0n) is 20.5. The number of Topliss-reactive ketones (excluding diaryl/α,β-unsaturated/α-hetero) is 1. The topological polar surface area (TPSA) is 102 Å². The number of fused-ring (bicyclic) bond motifs is 1. The number of aliphatic hydroxyl groups is 1. The van der Waals surface area contributed by atoms with Crippen molar-refractivity contribution in [1.82, 2.24) is 10.2 Å². The molecule has 3 heterocycles. The zero-order valence-corrected chi connectivity index (χ0v) is 22.9. The normalized spacial score (nSPS) is 17.9. The number of carbonyl (C=O) groups is 2. The number of anilines is 1. The average Bonchev–Trinajstić information content (AvgIpc) is 3.54. The van der Waals surface area contributed by atoms with Crippen LogP contribution in [0.3, 0.4) is 0 Å². The van der Waals surface area contributed by atoms with Crippen LogP contribution >= 0.6 is 34.7 Å². The van der Waals surface area contributed by atoms with Gasteiger partial charge >= 0.3 is 5.91 Å². The number of halogens is 2. The number of ketones is 1. The number of aromatic nitrogens is 2. The fourth-order valence-corrected chi connectivity index (χ4v) is 6.40. The summed E-state index contributed by atoms with van der Waals surface area (Å²) in [6.45, 7) is 0.713. The third kappa shape index (κ3) is 4.91. The van der Waals surface area contributed by atoms with Crippen LogP contribution in [0.4, 0.5) is 9.52 Å². The Hall–Kier alpha value is -3.93. The molecule has 1 atom stereocenters. The van der Waals surface area contributed by atoms with E-state index in [0.29, 0.717) is 39.8 Å². The molecule has 1 saturated heterocycles. The zero-order chi connectivity index (χ0) is 27.8. The molecule has 1 fully saturated rings. The fourth-order valence-electron chi connectivity index (χ4n) is 4.45. The van der Waals surface area contributed by atoms with E-state index in [1.165, 1.54) is 36.0 Å². The highest BCUT2D eigenvalue weighted by molar-refractivity contribution is 8.00. The van der Waals surface area contributed by atoms with Crippen LogP contribution in [-0.4, -0.2) is 40.2 Å². The molecule has 1 amide bonds. The van der Waals surface area contributed by atoms with Gasteiger partial charge in [0.25, 0.3) is 5.78 Å². The van der Waals surface area contributed by atoms with Gasteiger partial charge in [-0.3, -0.25) is 14.5 Å². The van der Waals surface area contributed by atoms with Crippen molar-refractivity contribution in [3.63, 3.8) is 0 Å². The van der Waals surface area contributed by atoms with Crippen molar-refractivity contribution >= 4 is 57.3 Å². The van der Waals surface area contributed by atoms with Crippen molar-refractivity contribution in [2.45, 2.75) is 16.1 Å². The summed E-state index contributed by atoms with van der Waals surface area (Å²) in [4.78, 5) is 27.9. The molecule has 0 bridgehead atoms. The van der Waals surface area contributed by atoms with E-state index in [-0.39, 0.29) is 21.8 Å². The molecule has 1 N–H and O–H groups in total. The lowest BCUT2D eigenvalue weighted by Gasteiger charge is -2.23. The van der Waals surface area contributed by atoms with Gasteiger partial charge in [-0.15, -0.1) is 10.2 Å². The molecule has 6 rings (SSSR count). The summed E-state index contributed by atoms with van der Waals surface area (Å²) in [5.74, 6) is -1.57. The Balaban J connectivity index is 1.39. The van der Waals surface area contributed by atoms with E-state index in [2.05, 4.69) is 10.2 Å². The molecule has 40 heavy (non-hydrogen) atoms. The first-order valence-electron chi connectivity index (χ1n) is 12.1. The van der Waals surface area contributed by atoms with E-state index < -0.39 is 29.3 Å². The number of thioether (sulfide) groups is 1. The van der Waals surface area contributed by atoms with Crippen molar-refractivity contribution in [3.8, 4) is 11.5 Å². The van der Waals surface area contributed by atoms with Crippen LogP contribution in [0.2, 0.25) is 5.02 Å². The molecule has 4 aromatic rings. The number of nitrogens with zero attached hydrogens (tertiary/aromatic N) is 3. The predicted molar refractivity (Wildman–Crippen MR) is 150 cm³/mol. The number of ether oxygens (including phenoxy) is 2. The molecule has 1 unspecified atom stereocenters. The minimum atomic E-state index is -1.27. The number of hydrogen-bond acceptors (Lipinski definition) is 9. The molecular formula is C28H19ClFN3O5S2. The van der Waals surface area contributed by atoms with Crippen molar-refractivity contribution in [2.75, 3.05) is 18.1 Å². The second-order valence-electron chi connectivity index (χ2n) is 8.81. The molecule has 0 spiro atoms. The highest BCUT2D eigenvalue weighted by Crippen LogP contribution is 2.45. The van der Waals surface area contributed by atoms with Gasteiger partial charge in [0.2, 0.25) is 5.13 Å². The van der Waals surface area contributed by atoms with Gasteiger partial charge in [-0.2, -0.15) is 0 Å². The van der Waals surface area contributed by atoms with E-state index in [9.17, 15) is 14.7 Å². The Morgan fingerprint density at radius 2 is 1.80 bits per heavy atom. The first-order valence-corrected chi connectivity index (χ1v) is 14.2. The third-order valence-corrected chi connectivity index (χ3v) is 8.72. The van der Waals surface area contributed by atoms with Gasteiger partial charge in [-0.05, 0) is 42.0 Å². The Bertz CT molecular complexity index is 1660. The maximum atomic E-state index is 15.2. The number of hydrogen-bond donors (Lipinski definition) is 1. The van der Waals surface area contributed by atoms with Crippen LogP contribution in [0.1, 0.15) is 22.7 Å². The monoisotopic (exact) mass is 595 g/mol. The molecule has 1 aromatic heterocycles. The summed E-state index contributed by atoms with van der Waals surface area (Å²) in [5.41, 5.74) is 1.00. The molecule has 202 valence electrons. The third-order valence-electron chi connectivity index (χ3n) is 6.34. The SMILES string of the molecule is O=C1C(=O)N(c2nnc(SCc3ccc(Cl)cc3)s2)C(c2ccccc2F)/C1=C(\O)c1ccc2c(c1)OCCO2. The number of carbonyl (C=O) groups excluding carboxylic acids is 2. The highest BCUT2D eigenvalue weighted by atomic mass is 35.5. The van der Waals surface area contributed by atoms with Crippen LogP contribution in [0, 0.1) is 5.82 Å². The van der Waals surface area contributed by atoms with Gasteiger partial charge in [-0.25, -0.2) is 4.39 Å². The van der Waals surface area contributed by atoms with E-state index in [0.717, 1.165) is 21.8 Å². The molecule has 0 saturated carbocycles. The van der Waals surface area contributed by atoms with Crippen LogP contribution in [-0.2, 0) is 15.3 Å². The Morgan fingerprint density at radius 3 is 2.58 bits per heavy atom.